The highest BCUT2D eigenvalue weighted by molar-refractivity contribution is 6.29. The number of rotatable bonds is 6. The van der Waals surface area contributed by atoms with Gasteiger partial charge in [-0.05, 0) is 47.9 Å². The molecule has 0 spiro atoms. The molecule has 2 amide bonds. The number of nitrogens with zero attached hydrogens (tertiary/aromatic N) is 6. The van der Waals surface area contributed by atoms with Crippen LogP contribution in [0.2, 0.25) is 5.15 Å². The highest BCUT2D eigenvalue weighted by Crippen LogP contribution is 2.33. The van der Waals surface area contributed by atoms with E-state index in [1.807, 2.05) is 20.8 Å². The third kappa shape index (κ3) is 9.78. The summed E-state index contributed by atoms with van der Waals surface area (Å²) >= 11 is 5.35. The summed E-state index contributed by atoms with van der Waals surface area (Å²) in [4.78, 5) is 38.1. The van der Waals surface area contributed by atoms with E-state index in [0.29, 0.717) is 24.0 Å². The third-order valence-corrected chi connectivity index (χ3v) is 6.80. The summed E-state index contributed by atoms with van der Waals surface area (Å²) < 4.78 is 53.4. The summed E-state index contributed by atoms with van der Waals surface area (Å²) in [6.07, 6.45) is -5.52. The monoisotopic (exact) mass is 655 g/mol. The van der Waals surface area contributed by atoms with Crippen LogP contribution in [0.4, 0.5) is 23.4 Å². The van der Waals surface area contributed by atoms with Crippen molar-refractivity contribution in [1.29, 1.82) is 0 Å². The SMILES string of the molecule is CC(C)(C)C(O)CNC(=O)c1ccc(N2CCN(C(=O)c3cc(F)ccc3C(F)(F)F)CC2)nn1.O=C(O)c1ccc(Cl)nn1. The molecule has 3 N–H and O–H groups in total. The topological polar surface area (TPSA) is 162 Å². The molecule has 1 saturated heterocycles. The second kappa shape index (κ2) is 14.6. The van der Waals surface area contributed by atoms with Crippen LogP contribution in [0, 0.1) is 11.2 Å². The van der Waals surface area contributed by atoms with Crippen LogP contribution in [0.5, 0.6) is 0 Å². The van der Waals surface area contributed by atoms with Gasteiger partial charge in [-0.15, -0.1) is 20.4 Å². The molecular weight excluding hydrogens is 626 g/mol. The van der Waals surface area contributed by atoms with Crippen LogP contribution in [0.25, 0.3) is 0 Å². The Morgan fingerprint density at radius 3 is 2.07 bits per heavy atom. The van der Waals surface area contributed by atoms with E-state index in [2.05, 4.69) is 25.7 Å². The zero-order valence-corrected chi connectivity index (χ0v) is 25.1. The number of carboxylic acid groups (broad SMARTS) is 1. The molecule has 1 aromatic carbocycles. The van der Waals surface area contributed by atoms with Crippen molar-refractivity contribution >= 4 is 35.2 Å². The first-order chi connectivity index (χ1) is 21.0. The number of aliphatic hydroxyl groups excluding tert-OH is 1. The number of hydrogen-bond acceptors (Lipinski definition) is 9. The number of piperazine rings is 1. The molecule has 4 rings (SSSR count). The second-order valence-corrected chi connectivity index (χ2v) is 11.3. The Morgan fingerprint density at radius 1 is 0.933 bits per heavy atom. The molecule has 0 aliphatic carbocycles. The molecule has 12 nitrogen and oxygen atoms in total. The predicted octanol–water partition coefficient (Wildman–Crippen LogP) is 3.56. The highest BCUT2D eigenvalue weighted by Gasteiger charge is 2.37. The van der Waals surface area contributed by atoms with E-state index in [0.717, 1.165) is 0 Å². The van der Waals surface area contributed by atoms with Gasteiger partial charge in [-0.3, -0.25) is 9.59 Å². The number of anilines is 1. The van der Waals surface area contributed by atoms with E-state index >= 15 is 0 Å². The minimum atomic E-state index is -4.78. The number of hydrogen-bond donors (Lipinski definition) is 3. The number of aromatic nitrogens is 4. The summed E-state index contributed by atoms with van der Waals surface area (Å²) in [6, 6.07) is 7.56. The molecule has 45 heavy (non-hydrogen) atoms. The Morgan fingerprint density at radius 2 is 1.56 bits per heavy atom. The fourth-order valence-corrected chi connectivity index (χ4v) is 3.98. The number of carbonyl (C=O) groups is 3. The van der Waals surface area contributed by atoms with Crippen LogP contribution in [-0.2, 0) is 6.18 Å². The third-order valence-electron chi connectivity index (χ3n) is 6.60. The molecule has 3 aromatic rings. The molecule has 3 heterocycles. The quantitative estimate of drug-likeness (QED) is 0.335. The molecule has 2 aromatic heterocycles. The summed E-state index contributed by atoms with van der Waals surface area (Å²) in [5, 5.41) is 35.7. The van der Waals surface area contributed by atoms with Crippen LogP contribution in [-0.4, -0.2) is 92.1 Å². The number of alkyl halides is 3. The number of benzene rings is 1. The van der Waals surface area contributed by atoms with Gasteiger partial charge in [-0.1, -0.05) is 32.4 Å². The van der Waals surface area contributed by atoms with Crippen molar-refractivity contribution in [2.75, 3.05) is 37.6 Å². The molecule has 1 atom stereocenters. The number of amides is 2. The molecule has 1 unspecified atom stereocenters. The molecule has 1 aliphatic heterocycles. The summed E-state index contributed by atoms with van der Waals surface area (Å²) in [5.41, 5.74) is -2.34. The average Bonchev–Trinajstić information content (AvgIpc) is 2.99. The summed E-state index contributed by atoms with van der Waals surface area (Å²) in [5.74, 6) is -2.98. The number of halogens is 5. The van der Waals surface area contributed by atoms with Crippen molar-refractivity contribution in [3.05, 3.63) is 75.9 Å². The Kier molecular flexibility index (Phi) is 11.3. The van der Waals surface area contributed by atoms with Gasteiger partial charge < -0.3 is 25.3 Å². The zero-order valence-electron chi connectivity index (χ0n) is 24.3. The maximum Gasteiger partial charge on any atom is 0.417 e. The highest BCUT2D eigenvalue weighted by atomic mass is 35.5. The Hall–Kier alpha value is -4.44. The van der Waals surface area contributed by atoms with Gasteiger partial charge >= 0.3 is 12.1 Å². The van der Waals surface area contributed by atoms with Gasteiger partial charge in [-0.2, -0.15) is 13.2 Å². The molecular formula is C28H30ClF4N7O5. The van der Waals surface area contributed by atoms with Crippen molar-refractivity contribution in [2.24, 2.45) is 5.41 Å². The van der Waals surface area contributed by atoms with Crippen molar-refractivity contribution in [1.82, 2.24) is 30.6 Å². The lowest BCUT2D eigenvalue weighted by molar-refractivity contribution is -0.138. The van der Waals surface area contributed by atoms with Gasteiger partial charge in [0.25, 0.3) is 11.8 Å². The van der Waals surface area contributed by atoms with E-state index in [1.165, 1.54) is 23.1 Å². The number of carboxylic acids is 1. The van der Waals surface area contributed by atoms with Crippen molar-refractivity contribution in [3.63, 3.8) is 0 Å². The van der Waals surface area contributed by atoms with Gasteiger partial charge in [0.1, 0.15) is 5.82 Å². The van der Waals surface area contributed by atoms with Gasteiger partial charge in [0.15, 0.2) is 22.4 Å². The first kappa shape index (κ1) is 35.0. The number of aromatic carboxylic acids is 1. The number of carbonyl (C=O) groups excluding carboxylic acids is 2. The van der Waals surface area contributed by atoms with Crippen LogP contribution < -0.4 is 10.2 Å². The lowest BCUT2D eigenvalue weighted by Crippen LogP contribution is -2.49. The first-order valence-corrected chi connectivity index (χ1v) is 13.8. The number of aliphatic hydroxyl groups is 1. The van der Waals surface area contributed by atoms with Crippen LogP contribution in [0.15, 0.2) is 42.5 Å². The largest absolute Gasteiger partial charge is 0.476 e. The summed E-state index contributed by atoms with van der Waals surface area (Å²) in [7, 11) is 0. The van der Waals surface area contributed by atoms with Crippen LogP contribution in [0.3, 0.4) is 0 Å². The molecule has 17 heteroatoms. The van der Waals surface area contributed by atoms with E-state index in [-0.39, 0.29) is 49.3 Å². The standard InChI is InChI=1S/C23H27F4N5O3.C5H3ClN2O2/c1-22(2,3)18(33)13-28-20(34)17-6-7-19(30-29-17)31-8-10-32(11-9-31)21(35)15-12-14(24)4-5-16(15)23(25,26)27;6-4-2-1-3(5(9)10)7-8-4/h4-7,12,18,33H,8-11,13H2,1-3H3,(H,28,34);1-2H,(H,9,10). The molecule has 0 saturated carbocycles. The smallest absolute Gasteiger partial charge is 0.417 e. The molecule has 0 radical (unpaired) electrons. The Balaban J connectivity index is 0.000000468. The van der Waals surface area contributed by atoms with Gasteiger partial charge in [-0.25, -0.2) is 9.18 Å². The molecule has 1 aliphatic rings. The van der Waals surface area contributed by atoms with E-state index in [9.17, 15) is 37.1 Å². The van der Waals surface area contributed by atoms with E-state index in [4.69, 9.17) is 16.7 Å². The maximum absolute atomic E-state index is 13.6. The van der Waals surface area contributed by atoms with E-state index in [1.54, 1.807) is 11.0 Å². The fourth-order valence-electron chi connectivity index (χ4n) is 3.88. The van der Waals surface area contributed by atoms with Gasteiger partial charge in [0, 0.05) is 32.7 Å². The normalized spacial score (nSPS) is 14.2. The van der Waals surface area contributed by atoms with Gasteiger partial charge in [0.05, 0.1) is 17.2 Å². The maximum atomic E-state index is 13.6. The van der Waals surface area contributed by atoms with Crippen molar-refractivity contribution in [2.45, 2.75) is 33.1 Å². The Bertz CT molecular complexity index is 1500. The Labute approximate surface area is 260 Å². The first-order valence-electron chi connectivity index (χ1n) is 13.4. The average molecular weight is 656 g/mol. The van der Waals surface area contributed by atoms with Crippen molar-refractivity contribution in [3.8, 4) is 0 Å². The molecule has 1 fully saturated rings. The fraction of sp³-hybridized carbons (Fsp3) is 0.393. The number of nitrogens with one attached hydrogen (secondary N) is 1. The summed E-state index contributed by atoms with van der Waals surface area (Å²) in [6.45, 7) is 6.32. The lowest BCUT2D eigenvalue weighted by atomic mass is 9.89. The van der Waals surface area contributed by atoms with Crippen molar-refractivity contribution < 1.29 is 42.2 Å². The predicted molar refractivity (Wildman–Crippen MR) is 153 cm³/mol. The van der Waals surface area contributed by atoms with Crippen LogP contribution >= 0.6 is 11.6 Å². The minimum absolute atomic E-state index is 0.0587. The lowest BCUT2D eigenvalue weighted by Gasteiger charge is -2.35. The van der Waals surface area contributed by atoms with E-state index < -0.39 is 52.4 Å². The van der Waals surface area contributed by atoms with Crippen LogP contribution in [0.1, 0.15) is 57.7 Å². The van der Waals surface area contributed by atoms with Gasteiger partial charge in [0.2, 0.25) is 0 Å². The second-order valence-electron chi connectivity index (χ2n) is 10.9. The zero-order chi connectivity index (χ0) is 33.5. The molecule has 0 bridgehead atoms. The molecule has 242 valence electrons. The minimum Gasteiger partial charge on any atom is -0.476 e.